The minimum Gasteiger partial charge on any atom is -0.339 e. The van der Waals surface area contributed by atoms with Gasteiger partial charge in [0.05, 0.1) is 16.6 Å². The van der Waals surface area contributed by atoms with Crippen molar-refractivity contribution in [1.82, 2.24) is 15.5 Å². The van der Waals surface area contributed by atoms with E-state index in [1.807, 2.05) is 0 Å². The van der Waals surface area contributed by atoms with Gasteiger partial charge in [-0.25, -0.2) is 12.8 Å². The molecule has 1 unspecified atom stereocenters. The maximum absolute atomic E-state index is 13.9. The molecule has 1 atom stereocenters. The van der Waals surface area contributed by atoms with E-state index in [4.69, 9.17) is 4.52 Å². The fourth-order valence-electron chi connectivity index (χ4n) is 2.41. The van der Waals surface area contributed by atoms with Crippen LogP contribution in [0.2, 0.25) is 0 Å². The van der Waals surface area contributed by atoms with Gasteiger partial charge in [0.1, 0.15) is 5.82 Å². The number of benzene rings is 1. The van der Waals surface area contributed by atoms with E-state index in [-0.39, 0.29) is 29.5 Å². The first-order chi connectivity index (χ1) is 10.5. The monoisotopic (exact) mass is 325 g/mol. The quantitative estimate of drug-likeness (QED) is 0.910. The summed E-state index contributed by atoms with van der Waals surface area (Å²) in [4.78, 5) is 4.12. The molecule has 1 fully saturated rings. The highest BCUT2D eigenvalue weighted by atomic mass is 32.2. The van der Waals surface area contributed by atoms with Crippen LogP contribution in [0.4, 0.5) is 4.39 Å². The minimum absolute atomic E-state index is 0.102. The highest BCUT2D eigenvalue weighted by Gasteiger charge is 2.30. The zero-order chi connectivity index (χ0) is 15.7. The van der Waals surface area contributed by atoms with Crippen LogP contribution in [0.1, 0.15) is 11.5 Å². The molecular weight excluding hydrogens is 309 g/mol. The lowest BCUT2D eigenvalue weighted by Crippen LogP contribution is -2.45. The summed E-state index contributed by atoms with van der Waals surface area (Å²) in [6.07, 6.45) is 0.135. The number of nitrogens with one attached hydrogen (secondary N) is 1. The van der Waals surface area contributed by atoms with Crippen LogP contribution in [0.5, 0.6) is 0 Å². The van der Waals surface area contributed by atoms with Gasteiger partial charge in [0, 0.05) is 19.5 Å². The SMILES string of the molecule is Cc1ccc(-c2noc(CC3CNCCS3(=O)=O)n2)c(F)c1. The van der Waals surface area contributed by atoms with Gasteiger partial charge in [0.15, 0.2) is 9.84 Å². The van der Waals surface area contributed by atoms with E-state index in [9.17, 15) is 12.8 Å². The lowest BCUT2D eigenvalue weighted by Gasteiger charge is -2.21. The highest BCUT2D eigenvalue weighted by Crippen LogP contribution is 2.22. The Morgan fingerprint density at radius 1 is 1.45 bits per heavy atom. The molecule has 2 heterocycles. The smallest absolute Gasteiger partial charge is 0.228 e. The van der Waals surface area contributed by atoms with Gasteiger partial charge >= 0.3 is 0 Å². The number of aromatic nitrogens is 2. The number of sulfone groups is 1. The van der Waals surface area contributed by atoms with Crippen LogP contribution in [0.25, 0.3) is 11.4 Å². The predicted molar refractivity (Wildman–Crippen MR) is 78.6 cm³/mol. The van der Waals surface area contributed by atoms with Crippen molar-refractivity contribution in [3.05, 3.63) is 35.5 Å². The Kier molecular flexibility index (Phi) is 3.96. The molecule has 2 aromatic rings. The third-order valence-corrected chi connectivity index (χ3v) is 5.80. The Balaban J connectivity index is 1.82. The summed E-state index contributed by atoms with van der Waals surface area (Å²) >= 11 is 0. The van der Waals surface area contributed by atoms with Crippen LogP contribution in [-0.2, 0) is 16.3 Å². The van der Waals surface area contributed by atoms with E-state index in [0.29, 0.717) is 13.1 Å². The second-order valence-corrected chi connectivity index (χ2v) is 7.79. The van der Waals surface area contributed by atoms with Crippen molar-refractivity contribution in [3.63, 3.8) is 0 Å². The van der Waals surface area contributed by atoms with Crippen LogP contribution in [0, 0.1) is 12.7 Å². The average Bonchev–Trinajstić information content (AvgIpc) is 2.89. The maximum atomic E-state index is 13.9. The molecule has 3 rings (SSSR count). The van der Waals surface area contributed by atoms with Crippen LogP contribution in [0.3, 0.4) is 0 Å². The van der Waals surface area contributed by atoms with Crippen molar-refractivity contribution in [2.75, 3.05) is 18.8 Å². The Hall–Kier alpha value is -1.80. The molecule has 0 bridgehead atoms. The van der Waals surface area contributed by atoms with E-state index < -0.39 is 20.9 Å². The number of halogens is 1. The first-order valence-electron chi connectivity index (χ1n) is 6.97. The summed E-state index contributed by atoms with van der Waals surface area (Å²) < 4.78 is 42.9. The summed E-state index contributed by atoms with van der Waals surface area (Å²) in [6, 6.07) is 4.73. The molecule has 1 saturated heterocycles. The van der Waals surface area contributed by atoms with Crippen molar-refractivity contribution in [3.8, 4) is 11.4 Å². The molecule has 0 spiro atoms. The van der Waals surface area contributed by atoms with Gasteiger partial charge in [-0.15, -0.1) is 0 Å². The average molecular weight is 325 g/mol. The van der Waals surface area contributed by atoms with E-state index >= 15 is 0 Å². The van der Waals surface area contributed by atoms with Gasteiger partial charge in [-0.3, -0.25) is 0 Å². The molecule has 0 aliphatic carbocycles. The second kappa shape index (κ2) is 5.77. The van der Waals surface area contributed by atoms with Gasteiger partial charge < -0.3 is 9.84 Å². The molecule has 1 aromatic heterocycles. The predicted octanol–water partition coefficient (Wildman–Crippen LogP) is 1.11. The zero-order valence-electron chi connectivity index (χ0n) is 12.0. The number of hydrogen-bond acceptors (Lipinski definition) is 6. The molecular formula is C14H16FN3O3S. The molecule has 1 aromatic carbocycles. The fraction of sp³-hybridized carbons (Fsp3) is 0.429. The Labute approximate surface area is 127 Å². The molecule has 8 heteroatoms. The van der Waals surface area contributed by atoms with Crippen molar-refractivity contribution in [1.29, 1.82) is 0 Å². The molecule has 0 amide bonds. The Bertz CT molecular complexity index is 788. The van der Waals surface area contributed by atoms with Crippen LogP contribution >= 0.6 is 0 Å². The first kappa shape index (κ1) is 15.1. The third-order valence-electron chi connectivity index (χ3n) is 3.68. The van der Waals surface area contributed by atoms with Gasteiger partial charge in [-0.1, -0.05) is 11.2 Å². The van der Waals surface area contributed by atoms with Crippen molar-refractivity contribution < 1.29 is 17.3 Å². The van der Waals surface area contributed by atoms with E-state index in [1.165, 1.54) is 6.07 Å². The Morgan fingerprint density at radius 3 is 3.00 bits per heavy atom. The largest absolute Gasteiger partial charge is 0.339 e. The van der Waals surface area contributed by atoms with Gasteiger partial charge in [0.2, 0.25) is 11.7 Å². The molecule has 118 valence electrons. The van der Waals surface area contributed by atoms with Crippen molar-refractivity contribution in [2.45, 2.75) is 18.6 Å². The Morgan fingerprint density at radius 2 is 2.27 bits per heavy atom. The minimum atomic E-state index is -3.16. The number of rotatable bonds is 3. The first-order valence-corrected chi connectivity index (χ1v) is 8.68. The van der Waals surface area contributed by atoms with Crippen LogP contribution in [-0.4, -0.2) is 42.7 Å². The number of aryl methyl sites for hydroxylation is 1. The molecule has 6 nitrogen and oxygen atoms in total. The molecule has 1 aliphatic heterocycles. The maximum Gasteiger partial charge on any atom is 0.228 e. The normalized spacial score (nSPS) is 20.9. The van der Waals surface area contributed by atoms with E-state index in [1.54, 1.807) is 19.1 Å². The summed E-state index contributed by atoms with van der Waals surface area (Å²) in [5.41, 5.74) is 1.04. The molecule has 22 heavy (non-hydrogen) atoms. The topological polar surface area (TPSA) is 85.1 Å². The zero-order valence-corrected chi connectivity index (χ0v) is 12.9. The molecule has 1 aliphatic rings. The summed E-state index contributed by atoms with van der Waals surface area (Å²) in [7, 11) is -3.16. The van der Waals surface area contributed by atoms with Crippen LogP contribution in [0.15, 0.2) is 22.7 Å². The fourth-order valence-corrected chi connectivity index (χ4v) is 3.94. The standard InChI is InChI=1S/C14H16FN3O3S/c1-9-2-3-11(12(15)6-9)14-17-13(21-18-14)7-10-8-16-4-5-22(10,19)20/h2-3,6,10,16H,4-5,7-8H2,1H3. The lowest BCUT2D eigenvalue weighted by atomic mass is 10.1. The van der Waals surface area contributed by atoms with Gasteiger partial charge in [-0.2, -0.15) is 4.98 Å². The number of hydrogen-bond donors (Lipinski definition) is 1. The highest BCUT2D eigenvalue weighted by molar-refractivity contribution is 7.92. The molecule has 0 saturated carbocycles. The number of nitrogens with zero attached hydrogens (tertiary/aromatic N) is 2. The molecule has 1 N–H and O–H groups in total. The third kappa shape index (κ3) is 3.02. The van der Waals surface area contributed by atoms with Gasteiger partial charge in [0.25, 0.3) is 0 Å². The van der Waals surface area contributed by atoms with Gasteiger partial charge in [-0.05, 0) is 24.6 Å². The molecule has 0 radical (unpaired) electrons. The van der Waals surface area contributed by atoms with E-state index in [0.717, 1.165) is 5.56 Å². The summed E-state index contributed by atoms with van der Waals surface area (Å²) in [5, 5.41) is 6.20. The van der Waals surface area contributed by atoms with E-state index in [2.05, 4.69) is 15.5 Å². The van der Waals surface area contributed by atoms with Crippen molar-refractivity contribution >= 4 is 9.84 Å². The lowest BCUT2D eigenvalue weighted by molar-refractivity contribution is 0.373. The second-order valence-electron chi connectivity index (χ2n) is 5.39. The van der Waals surface area contributed by atoms with Crippen LogP contribution < -0.4 is 5.32 Å². The summed E-state index contributed by atoms with van der Waals surface area (Å²) in [6.45, 7) is 2.61. The summed E-state index contributed by atoms with van der Waals surface area (Å²) in [5.74, 6) is 0.00541. The van der Waals surface area contributed by atoms with Crippen molar-refractivity contribution in [2.24, 2.45) is 0 Å².